The molecule has 12 rings (SSSR count). The fourth-order valence-corrected chi connectivity index (χ4v) is 12.0. The van der Waals surface area contributed by atoms with Gasteiger partial charge in [-0.05, 0) is 125 Å². The number of benzene rings is 10. The fourth-order valence-electron chi connectivity index (χ4n) is 9.71. The van der Waals surface area contributed by atoms with Gasteiger partial charge in [0.1, 0.15) is 0 Å². The number of anilines is 6. The Morgan fingerprint density at radius 1 is 0.318 bits per heavy atom. The van der Waals surface area contributed by atoms with Crippen LogP contribution in [0, 0.1) is 0 Å². The van der Waals surface area contributed by atoms with Crippen molar-refractivity contribution in [2.45, 2.75) is 12.3 Å². The number of thiophene rings is 2. The zero-order valence-electron chi connectivity index (χ0n) is 36.2. The van der Waals surface area contributed by atoms with Crippen LogP contribution in [0.3, 0.4) is 0 Å². The smallest absolute Gasteiger partial charge is 0.0557 e. The van der Waals surface area contributed by atoms with Crippen molar-refractivity contribution in [3.8, 4) is 11.1 Å². The highest BCUT2D eigenvalue weighted by atomic mass is 32.1. The van der Waals surface area contributed by atoms with Crippen LogP contribution in [0.4, 0.5) is 34.1 Å². The summed E-state index contributed by atoms with van der Waals surface area (Å²) in [6, 6.07) is 91.1. The number of para-hydroxylation sites is 4. The number of hydrogen-bond donors (Lipinski definition) is 0. The molecule has 0 aliphatic heterocycles. The van der Waals surface area contributed by atoms with E-state index in [0.717, 1.165) is 34.9 Å². The van der Waals surface area contributed by atoms with Gasteiger partial charge in [-0.3, -0.25) is 0 Å². The van der Waals surface area contributed by atoms with Crippen LogP contribution < -0.4 is 9.80 Å². The maximum Gasteiger partial charge on any atom is 0.0557 e. The normalized spacial score (nSPS) is 11.9. The minimum absolute atomic E-state index is 0.0951. The van der Waals surface area contributed by atoms with E-state index in [-0.39, 0.29) is 5.92 Å². The lowest BCUT2D eigenvalue weighted by Gasteiger charge is -2.28. The predicted octanol–water partition coefficient (Wildman–Crippen LogP) is 18.4. The van der Waals surface area contributed by atoms with Crippen LogP contribution in [0.5, 0.6) is 0 Å². The van der Waals surface area contributed by atoms with E-state index in [1.165, 1.54) is 73.8 Å². The lowest BCUT2D eigenvalue weighted by molar-refractivity contribution is 0.807. The fraction of sp³-hybridized carbons (Fsp3) is 0.0323. The van der Waals surface area contributed by atoms with Gasteiger partial charge in [0.25, 0.3) is 0 Å². The van der Waals surface area contributed by atoms with Crippen LogP contribution in [-0.4, -0.2) is 0 Å². The summed E-state index contributed by atoms with van der Waals surface area (Å²) in [5, 5.41) is 5.14. The molecule has 10 aromatic carbocycles. The van der Waals surface area contributed by atoms with Gasteiger partial charge in [-0.25, -0.2) is 0 Å². The van der Waals surface area contributed by atoms with Crippen molar-refractivity contribution >= 4 is 97.1 Å². The summed E-state index contributed by atoms with van der Waals surface area (Å²) in [7, 11) is 0. The second kappa shape index (κ2) is 17.3. The van der Waals surface area contributed by atoms with Crippen molar-refractivity contribution < 1.29 is 0 Å². The number of hydrogen-bond acceptors (Lipinski definition) is 4. The van der Waals surface area contributed by atoms with Crippen LogP contribution in [-0.2, 0) is 6.42 Å². The molecule has 2 heterocycles. The molecule has 0 saturated heterocycles. The van der Waals surface area contributed by atoms with E-state index < -0.39 is 0 Å². The molecule has 0 aliphatic rings. The first-order valence-corrected chi connectivity index (χ1v) is 24.2. The lowest BCUT2D eigenvalue weighted by Crippen LogP contribution is -2.12. The van der Waals surface area contributed by atoms with Crippen LogP contribution in [0.2, 0.25) is 0 Å². The van der Waals surface area contributed by atoms with Gasteiger partial charge in [-0.1, -0.05) is 158 Å². The molecule has 314 valence electrons. The number of rotatable bonds is 11. The summed E-state index contributed by atoms with van der Waals surface area (Å²) in [6.45, 7) is 0. The van der Waals surface area contributed by atoms with Gasteiger partial charge < -0.3 is 9.80 Å². The van der Waals surface area contributed by atoms with Crippen molar-refractivity contribution in [2.24, 2.45) is 0 Å². The Balaban J connectivity index is 0.982. The van der Waals surface area contributed by atoms with Gasteiger partial charge in [-0.15, -0.1) is 22.7 Å². The van der Waals surface area contributed by atoms with Crippen LogP contribution in [0.25, 0.3) is 51.5 Å². The molecule has 0 spiro atoms. The third kappa shape index (κ3) is 7.50. The molecular formula is C62H44N2S2. The standard InChI is InChI=1S/C62H44N2S2/c1-6-19-43(20-7-1)37-55(47-39-57(62-54-31-16-17-32-58(54)66-61(62)41-47)64(50-27-12-4-13-28-50)51-29-14-5-15-30-51)46-22-18-21-44(38-46)45-33-35-53-56-42-52(34-36-59(56)65-60(53)40-45)63(48-23-8-2-9-24-48)49-25-10-3-11-26-49/h1-36,38-42,55H,37H2. The van der Waals surface area contributed by atoms with Gasteiger partial charge >= 0.3 is 0 Å². The van der Waals surface area contributed by atoms with E-state index in [1.54, 1.807) is 0 Å². The van der Waals surface area contributed by atoms with Crippen molar-refractivity contribution in [3.63, 3.8) is 0 Å². The Bertz CT molecular complexity index is 3540. The summed E-state index contributed by atoms with van der Waals surface area (Å²) in [5.41, 5.74) is 13.3. The molecule has 0 saturated carbocycles. The van der Waals surface area contributed by atoms with E-state index >= 15 is 0 Å². The maximum atomic E-state index is 2.48. The summed E-state index contributed by atoms with van der Waals surface area (Å²) in [4.78, 5) is 4.79. The minimum atomic E-state index is 0.0951. The largest absolute Gasteiger partial charge is 0.310 e. The molecule has 12 aromatic rings. The number of fused-ring (bicyclic) bond motifs is 6. The summed E-state index contributed by atoms with van der Waals surface area (Å²) < 4.78 is 5.17. The molecule has 4 heteroatoms. The van der Waals surface area contributed by atoms with E-state index in [1.807, 2.05) is 22.7 Å². The second-order valence-electron chi connectivity index (χ2n) is 16.9. The summed E-state index contributed by atoms with van der Waals surface area (Å²) in [6.07, 6.45) is 0.872. The van der Waals surface area contributed by atoms with E-state index in [0.29, 0.717) is 0 Å². The van der Waals surface area contributed by atoms with Crippen molar-refractivity contribution in [2.75, 3.05) is 9.80 Å². The summed E-state index contributed by atoms with van der Waals surface area (Å²) >= 11 is 3.76. The predicted molar refractivity (Wildman–Crippen MR) is 285 cm³/mol. The Hall–Kier alpha value is -7.76. The van der Waals surface area contributed by atoms with Gasteiger partial charge in [0.2, 0.25) is 0 Å². The first kappa shape index (κ1) is 39.8. The molecule has 2 aromatic heterocycles. The van der Waals surface area contributed by atoms with Crippen LogP contribution in [0.1, 0.15) is 22.6 Å². The van der Waals surface area contributed by atoms with Crippen molar-refractivity contribution in [3.05, 3.63) is 265 Å². The highest BCUT2D eigenvalue weighted by Crippen LogP contribution is 2.48. The molecule has 66 heavy (non-hydrogen) atoms. The zero-order chi connectivity index (χ0) is 43.8. The molecule has 0 amide bonds. The number of nitrogens with zero attached hydrogens (tertiary/aromatic N) is 2. The molecule has 0 radical (unpaired) electrons. The first-order chi connectivity index (χ1) is 32.7. The highest BCUT2D eigenvalue weighted by molar-refractivity contribution is 7.26. The first-order valence-electron chi connectivity index (χ1n) is 22.6. The second-order valence-corrected chi connectivity index (χ2v) is 19.1. The van der Waals surface area contributed by atoms with Crippen molar-refractivity contribution in [1.82, 2.24) is 0 Å². The molecule has 1 unspecified atom stereocenters. The van der Waals surface area contributed by atoms with E-state index in [2.05, 4.69) is 259 Å². The monoisotopic (exact) mass is 880 g/mol. The third-order valence-electron chi connectivity index (χ3n) is 12.8. The molecule has 0 fully saturated rings. The molecule has 0 bridgehead atoms. The lowest BCUT2D eigenvalue weighted by atomic mass is 9.84. The van der Waals surface area contributed by atoms with Gasteiger partial charge in [0, 0.05) is 74.7 Å². The van der Waals surface area contributed by atoms with Gasteiger partial charge in [0.15, 0.2) is 0 Å². The Labute approximate surface area is 393 Å². The Morgan fingerprint density at radius 2 is 0.879 bits per heavy atom. The highest BCUT2D eigenvalue weighted by Gasteiger charge is 2.24. The van der Waals surface area contributed by atoms with Gasteiger partial charge in [-0.2, -0.15) is 0 Å². The van der Waals surface area contributed by atoms with E-state index in [4.69, 9.17) is 0 Å². The molecule has 0 aliphatic carbocycles. The van der Waals surface area contributed by atoms with E-state index in [9.17, 15) is 0 Å². The molecule has 2 nitrogen and oxygen atoms in total. The average Bonchev–Trinajstić information content (AvgIpc) is 3.95. The van der Waals surface area contributed by atoms with Crippen LogP contribution >= 0.6 is 22.7 Å². The van der Waals surface area contributed by atoms with Crippen molar-refractivity contribution in [1.29, 1.82) is 0 Å². The third-order valence-corrected chi connectivity index (χ3v) is 15.1. The topological polar surface area (TPSA) is 6.48 Å². The minimum Gasteiger partial charge on any atom is -0.310 e. The quantitative estimate of drug-likeness (QED) is 0.128. The van der Waals surface area contributed by atoms with Crippen LogP contribution in [0.15, 0.2) is 249 Å². The molecule has 0 N–H and O–H groups in total. The Morgan fingerprint density at radius 3 is 1.55 bits per heavy atom. The molecule has 1 atom stereocenters. The molecular weight excluding hydrogens is 837 g/mol. The SMILES string of the molecule is c1ccc(CC(c2cccc(-c3ccc4c(c3)sc3ccc(N(c5ccccc5)c5ccccc5)cc34)c2)c2cc(N(c3ccccc3)c3ccccc3)c3c(c2)sc2ccccc23)cc1. The average molecular weight is 881 g/mol. The Kier molecular flexibility index (Phi) is 10.4. The van der Waals surface area contributed by atoms with Gasteiger partial charge in [0.05, 0.1) is 5.69 Å². The maximum absolute atomic E-state index is 2.48. The zero-order valence-corrected chi connectivity index (χ0v) is 37.8. The summed E-state index contributed by atoms with van der Waals surface area (Å²) in [5.74, 6) is 0.0951.